The van der Waals surface area contributed by atoms with E-state index in [1.165, 1.54) is 4.57 Å². The molecule has 0 bridgehead atoms. The van der Waals surface area contributed by atoms with Gasteiger partial charge >= 0.3 is 0 Å². The largest absolute Gasteiger partial charge is 0.494 e. The zero-order valence-electron chi connectivity index (χ0n) is 20.6. The van der Waals surface area contributed by atoms with Gasteiger partial charge in [-0.05, 0) is 46.8 Å². The van der Waals surface area contributed by atoms with Crippen LogP contribution in [0.3, 0.4) is 0 Å². The number of allylic oxidation sites excluding steroid dienone is 2. The smallest absolute Gasteiger partial charge is 0.261 e. The Morgan fingerprint density at radius 1 is 0.872 bits per heavy atom. The van der Waals surface area contributed by atoms with Gasteiger partial charge in [-0.3, -0.25) is 9.36 Å². The molecule has 0 saturated heterocycles. The SMILES string of the molecule is C=CCn1c(O)c2cccc3/c(=C4\N=c5ccc(C(=C(C#N)C#N)c6ccccc6)cc5=N4)ccc(c1=O)c23. The fraction of sp³-hybridized carbons (Fsp3) is 0.0312. The number of pyridine rings is 1. The summed E-state index contributed by atoms with van der Waals surface area (Å²) in [6.45, 7) is 3.88. The van der Waals surface area contributed by atoms with Gasteiger partial charge in [0, 0.05) is 33.5 Å². The van der Waals surface area contributed by atoms with E-state index in [4.69, 9.17) is 9.98 Å². The number of fused-ring (bicyclic) bond motifs is 1. The van der Waals surface area contributed by atoms with Gasteiger partial charge in [-0.15, -0.1) is 6.58 Å². The van der Waals surface area contributed by atoms with Gasteiger partial charge in [0.1, 0.15) is 17.7 Å². The Hall–Kier alpha value is -5.79. The molecule has 184 valence electrons. The summed E-state index contributed by atoms with van der Waals surface area (Å²) in [5, 5.41) is 34.5. The van der Waals surface area contributed by atoms with E-state index in [0.29, 0.717) is 43.8 Å². The van der Waals surface area contributed by atoms with Crippen LogP contribution in [0.4, 0.5) is 0 Å². The molecule has 2 heterocycles. The van der Waals surface area contributed by atoms with Crippen molar-refractivity contribution in [1.29, 1.82) is 10.5 Å². The number of hydrogen-bond acceptors (Lipinski definition) is 6. The van der Waals surface area contributed by atoms with Crippen molar-refractivity contribution >= 4 is 32.9 Å². The summed E-state index contributed by atoms with van der Waals surface area (Å²) in [5.41, 5.74) is 1.68. The van der Waals surface area contributed by atoms with Crippen LogP contribution < -0.4 is 21.5 Å². The van der Waals surface area contributed by atoms with Crippen LogP contribution in [0.15, 0.2) is 112 Å². The lowest BCUT2D eigenvalue weighted by molar-refractivity contribution is 0.424. The minimum absolute atomic E-state index is 0.00933. The zero-order chi connectivity index (χ0) is 27.1. The number of rotatable bonds is 4. The van der Waals surface area contributed by atoms with Crippen LogP contribution >= 0.6 is 0 Å². The van der Waals surface area contributed by atoms with E-state index in [0.717, 1.165) is 16.2 Å². The number of aromatic nitrogens is 1. The molecular formula is C32H19N5O2. The maximum atomic E-state index is 13.1. The van der Waals surface area contributed by atoms with Crippen LogP contribution in [0.1, 0.15) is 11.1 Å². The standard InChI is InChI=1S/C32H19N5O2/c1-2-15-37-31(38)24-10-6-9-22-23(12-13-25(29(22)24)32(37)39)30-35-26-14-11-20(16-27(26)36-30)28(21(17-33)18-34)19-7-4-3-5-8-19/h2-14,16,38H,1,15H2/b30-23+. The van der Waals surface area contributed by atoms with Crippen molar-refractivity contribution in [3.05, 3.63) is 135 Å². The number of hydrogen-bond donors (Lipinski definition) is 1. The predicted molar refractivity (Wildman–Crippen MR) is 149 cm³/mol. The van der Waals surface area contributed by atoms with Crippen molar-refractivity contribution in [3.63, 3.8) is 0 Å². The Morgan fingerprint density at radius 2 is 1.62 bits per heavy atom. The highest BCUT2D eigenvalue weighted by Crippen LogP contribution is 2.30. The van der Waals surface area contributed by atoms with Crippen molar-refractivity contribution in [3.8, 4) is 18.0 Å². The molecule has 0 atom stereocenters. The molecule has 1 N–H and O–H groups in total. The summed E-state index contributed by atoms with van der Waals surface area (Å²) >= 11 is 0. The molecule has 4 aromatic carbocycles. The van der Waals surface area contributed by atoms with Crippen LogP contribution in [0, 0.1) is 22.7 Å². The fourth-order valence-corrected chi connectivity index (χ4v) is 5.09. The molecule has 5 aromatic rings. The second kappa shape index (κ2) is 9.26. The highest BCUT2D eigenvalue weighted by molar-refractivity contribution is 6.11. The second-order valence-electron chi connectivity index (χ2n) is 9.01. The van der Waals surface area contributed by atoms with Gasteiger partial charge in [0.15, 0.2) is 5.82 Å². The Labute approximate surface area is 222 Å². The van der Waals surface area contributed by atoms with Crippen molar-refractivity contribution in [1.82, 2.24) is 4.57 Å². The summed E-state index contributed by atoms with van der Waals surface area (Å²) in [5.74, 6) is 0.358. The lowest BCUT2D eigenvalue weighted by Crippen LogP contribution is -2.21. The molecule has 7 heteroatoms. The fourth-order valence-electron chi connectivity index (χ4n) is 5.09. The lowest BCUT2D eigenvalue weighted by atomic mass is 9.94. The van der Waals surface area contributed by atoms with E-state index in [9.17, 15) is 20.4 Å². The average molecular weight is 506 g/mol. The monoisotopic (exact) mass is 505 g/mol. The molecule has 6 rings (SSSR count). The molecule has 7 nitrogen and oxygen atoms in total. The summed E-state index contributed by atoms with van der Waals surface area (Å²) in [4.78, 5) is 22.7. The summed E-state index contributed by atoms with van der Waals surface area (Å²) < 4.78 is 1.30. The van der Waals surface area contributed by atoms with Crippen molar-refractivity contribution in [2.45, 2.75) is 6.54 Å². The minimum atomic E-state index is -0.299. The maximum absolute atomic E-state index is 13.1. The predicted octanol–water partition coefficient (Wildman–Crippen LogP) is 3.63. The van der Waals surface area contributed by atoms with E-state index in [2.05, 4.69) is 6.58 Å². The number of nitrogens with zero attached hydrogens (tertiary/aromatic N) is 5. The van der Waals surface area contributed by atoms with Crippen LogP contribution in [-0.4, -0.2) is 9.67 Å². The molecule has 0 aliphatic carbocycles. The molecule has 1 aliphatic rings. The molecule has 0 spiro atoms. The van der Waals surface area contributed by atoms with E-state index < -0.39 is 0 Å². The molecule has 0 unspecified atom stereocenters. The average Bonchev–Trinajstić information content (AvgIpc) is 3.40. The van der Waals surface area contributed by atoms with Gasteiger partial charge in [0.25, 0.3) is 5.56 Å². The summed E-state index contributed by atoms with van der Waals surface area (Å²) in [7, 11) is 0. The number of nitriles is 2. The summed E-state index contributed by atoms with van der Waals surface area (Å²) in [6, 6.07) is 27.8. The Kier molecular flexibility index (Phi) is 5.60. The van der Waals surface area contributed by atoms with Gasteiger partial charge in [-0.25, -0.2) is 9.98 Å². The molecule has 0 saturated carbocycles. The normalized spacial score (nSPS) is 13.2. The van der Waals surface area contributed by atoms with Crippen molar-refractivity contribution in [2.75, 3.05) is 0 Å². The van der Waals surface area contributed by atoms with Gasteiger partial charge in [-0.1, -0.05) is 54.6 Å². The van der Waals surface area contributed by atoms with Crippen LogP contribution in [0.2, 0.25) is 0 Å². The van der Waals surface area contributed by atoms with Crippen LogP contribution in [0.25, 0.3) is 32.9 Å². The first-order chi connectivity index (χ1) is 19.0. The third-order valence-electron chi connectivity index (χ3n) is 6.82. The molecule has 0 amide bonds. The third-order valence-corrected chi connectivity index (χ3v) is 6.82. The quantitative estimate of drug-likeness (QED) is 0.297. The minimum Gasteiger partial charge on any atom is -0.494 e. The van der Waals surface area contributed by atoms with Gasteiger partial charge in [0.2, 0.25) is 5.88 Å². The molecular weight excluding hydrogens is 486 g/mol. The van der Waals surface area contributed by atoms with Crippen molar-refractivity contribution < 1.29 is 5.11 Å². The molecule has 0 fully saturated rings. The van der Waals surface area contributed by atoms with Gasteiger partial charge < -0.3 is 5.11 Å². The molecule has 1 aromatic heterocycles. The zero-order valence-corrected chi connectivity index (χ0v) is 20.6. The van der Waals surface area contributed by atoms with E-state index in [1.807, 2.05) is 78.9 Å². The molecule has 1 aliphatic heterocycles. The van der Waals surface area contributed by atoms with E-state index in [-0.39, 0.29) is 23.6 Å². The first-order valence-corrected chi connectivity index (χ1v) is 12.2. The first-order valence-electron chi connectivity index (χ1n) is 12.2. The number of benzene rings is 4. The van der Waals surface area contributed by atoms with Crippen LogP contribution in [0.5, 0.6) is 5.88 Å². The van der Waals surface area contributed by atoms with E-state index in [1.54, 1.807) is 18.2 Å². The molecule has 39 heavy (non-hydrogen) atoms. The highest BCUT2D eigenvalue weighted by Gasteiger charge is 2.17. The van der Waals surface area contributed by atoms with Crippen molar-refractivity contribution in [2.24, 2.45) is 9.98 Å². The topological polar surface area (TPSA) is 115 Å². The highest BCUT2D eigenvalue weighted by atomic mass is 16.3. The first kappa shape index (κ1) is 23.6. The number of aromatic hydroxyl groups is 1. The second-order valence-corrected chi connectivity index (χ2v) is 9.01. The maximum Gasteiger partial charge on any atom is 0.261 e. The molecule has 0 radical (unpaired) electrons. The van der Waals surface area contributed by atoms with Gasteiger partial charge in [0.05, 0.1) is 10.7 Å². The third kappa shape index (κ3) is 3.69. The van der Waals surface area contributed by atoms with E-state index >= 15 is 0 Å². The summed E-state index contributed by atoms with van der Waals surface area (Å²) in [6.07, 6.45) is 1.57. The Bertz CT molecular complexity index is 2200. The van der Waals surface area contributed by atoms with Crippen LogP contribution in [-0.2, 0) is 6.54 Å². The Morgan fingerprint density at radius 3 is 2.36 bits per heavy atom. The lowest BCUT2D eigenvalue weighted by Gasteiger charge is -2.13. The van der Waals surface area contributed by atoms with Gasteiger partial charge in [-0.2, -0.15) is 10.5 Å². The Balaban J connectivity index is 1.61.